The predicted molar refractivity (Wildman–Crippen MR) is 59.7 cm³/mol. The minimum Gasteiger partial charge on any atom is -0.388 e. The van der Waals surface area contributed by atoms with Gasteiger partial charge in [-0.3, -0.25) is 0 Å². The number of fused-ring (bicyclic) bond motifs is 1. The second kappa shape index (κ2) is 3.33. The summed E-state index contributed by atoms with van der Waals surface area (Å²) in [6, 6.07) is 6.66. The first-order chi connectivity index (χ1) is 6.72. The molecule has 3 heteroatoms. The molecule has 0 saturated heterocycles. The minimum absolute atomic E-state index is 0.451. The molecule has 1 aromatic heterocycles. The van der Waals surface area contributed by atoms with Crippen molar-refractivity contribution in [2.45, 2.75) is 19.9 Å². The Balaban J connectivity index is 2.63. The normalized spacial score (nSPS) is 11.1. The van der Waals surface area contributed by atoms with Gasteiger partial charge < -0.3 is 9.88 Å². The Hall–Kier alpha value is -1.51. The minimum atomic E-state index is 0.451. The molecule has 0 atom stereocenters. The second-order valence-electron chi connectivity index (χ2n) is 3.70. The fraction of sp³-hybridized carbons (Fsp3) is 0.364. The molecular formula is C11H15N3. The summed E-state index contributed by atoms with van der Waals surface area (Å²) in [6.45, 7) is 4.32. The molecule has 1 aromatic carbocycles. The van der Waals surface area contributed by atoms with Gasteiger partial charge in [0, 0.05) is 18.8 Å². The molecule has 0 amide bonds. The summed E-state index contributed by atoms with van der Waals surface area (Å²) in [7, 11) is 1.93. The Labute approximate surface area is 83.8 Å². The van der Waals surface area contributed by atoms with Gasteiger partial charge in [0.25, 0.3) is 0 Å². The fourth-order valence-corrected chi connectivity index (χ4v) is 1.59. The van der Waals surface area contributed by atoms with Crippen molar-refractivity contribution in [3.8, 4) is 0 Å². The van der Waals surface area contributed by atoms with Crippen LogP contribution in [0.25, 0.3) is 11.0 Å². The topological polar surface area (TPSA) is 29.9 Å². The van der Waals surface area contributed by atoms with Gasteiger partial charge in [0.2, 0.25) is 0 Å². The van der Waals surface area contributed by atoms with Crippen LogP contribution in [-0.2, 0) is 0 Å². The van der Waals surface area contributed by atoms with Crippen molar-refractivity contribution < 1.29 is 0 Å². The molecule has 14 heavy (non-hydrogen) atoms. The number of nitrogens with one attached hydrogen (secondary N) is 1. The van der Waals surface area contributed by atoms with Gasteiger partial charge in [-0.05, 0) is 32.0 Å². The molecule has 0 fully saturated rings. The molecule has 0 radical (unpaired) electrons. The van der Waals surface area contributed by atoms with Gasteiger partial charge in [0.1, 0.15) is 0 Å². The number of anilines is 1. The van der Waals surface area contributed by atoms with E-state index in [0.29, 0.717) is 6.04 Å². The highest BCUT2D eigenvalue weighted by Crippen LogP contribution is 2.20. The molecule has 0 spiro atoms. The summed E-state index contributed by atoms with van der Waals surface area (Å²) in [6.07, 6.45) is 1.90. The Morgan fingerprint density at radius 1 is 1.36 bits per heavy atom. The third-order valence-corrected chi connectivity index (χ3v) is 2.42. The largest absolute Gasteiger partial charge is 0.388 e. The van der Waals surface area contributed by atoms with E-state index >= 15 is 0 Å². The summed E-state index contributed by atoms with van der Waals surface area (Å²) in [5, 5.41) is 3.13. The molecule has 1 N–H and O–H groups in total. The predicted octanol–water partition coefficient (Wildman–Crippen LogP) is 2.66. The maximum atomic E-state index is 4.35. The van der Waals surface area contributed by atoms with Crippen LogP contribution in [-0.4, -0.2) is 16.6 Å². The summed E-state index contributed by atoms with van der Waals surface area (Å²) in [5.41, 5.74) is 3.37. The van der Waals surface area contributed by atoms with Gasteiger partial charge in [-0.15, -0.1) is 0 Å². The second-order valence-corrected chi connectivity index (χ2v) is 3.70. The zero-order valence-electron chi connectivity index (χ0n) is 8.78. The Morgan fingerprint density at radius 3 is 2.79 bits per heavy atom. The van der Waals surface area contributed by atoms with Crippen LogP contribution in [0.4, 0.5) is 5.69 Å². The van der Waals surface area contributed by atoms with Gasteiger partial charge in [0.05, 0.1) is 17.4 Å². The van der Waals surface area contributed by atoms with E-state index in [1.807, 2.05) is 25.5 Å². The van der Waals surface area contributed by atoms with E-state index in [1.165, 1.54) is 5.52 Å². The number of nitrogens with zero attached hydrogens (tertiary/aromatic N) is 2. The molecule has 0 aliphatic heterocycles. The lowest BCUT2D eigenvalue weighted by Gasteiger charge is -2.08. The van der Waals surface area contributed by atoms with Crippen LogP contribution < -0.4 is 5.32 Å². The molecule has 2 aromatic rings. The zero-order valence-corrected chi connectivity index (χ0v) is 8.78. The first-order valence-electron chi connectivity index (χ1n) is 4.86. The smallest absolute Gasteiger partial charge is 0.0960 e. The molecule has 0 saturated carbocycles. The van der Waals surface area contributed by atoms with Crippen LogP contribution in [0, 0.1) is 0 Å². The Morgan fingerprint density at radius 2 is 2.14 bits per heavy atom. The van der Waals surface area contributed by atoms with Crippen molar-refractivity contribution in [2.75, 3.05) is 12.4 Å². The van der Waals surface area contributed by atoms with Gasteiger partial charge in [-0.25, -0.2) is 4.98 Å². The average Bonchev–Trinajstić information content (AvgIpc) is 2.59. The number of rotatable bonds is 2. The van der Waals surface area contributed by atoms with Crippen molar-refractivity contribution in [3.05, 3.63) is 24.5 Å². The molecule has 1 heterocycles. The van der Waals surface area contributed by atoms with E-state index in [9.17, 15) is 0 Å². The quantitative estimate of drug-likeness (QED) is 0.787. The van der Waals surface area contributed by atoms with Gasteiger partial charge >= 0.3 is 0 Å². The van der Waals surface area contributed by atoms with Gasteiger partial charge in [0.15, 0.2) is 0 Å². The molecule has 0 bridgehead atoms. The summed E-state index contributed by atoms with van der Waals surface area (Å²) in [4.78, 5) is 4.35. The zero-order chi connectivity index (χ0) is 10.1. The molecule has 3 nitrogen and oxygen atoms in total. The van der Waals surface area contributed by atoms with E-state index < -0.39 is 0 Å². The molecule has 0 unspecified atom stereocenters. The molecule has 2 rings (SSSR count). The van der Waals surface area contributed by atoms with Crippen molar-refractivity contribution in [3.63, 3.8) is 0 Å². The molecule has 0 aliphatic rings. The van der Waals surface area contributed by atoms with Gasteiger partial charge in [-0.1, -0.05) is 0 Å². The van der Waals surface area contributed by atoms with Crippen molar-refractivity contribution >= 4 is 16.7 Å². The highest BCUT2D eigenvalue weighted by Gasteiger charge is 2.05. The van der Waals surface area contributed by atoms with Crippen LogP contribution in [0.15, 0.2) is 24.5 Å². The van der Waals surface area contributed by atoms with Crippen LogP contribution in [0.2, 0.25) is 0 Å². The standard InChI is InChI=1S/C11H15N3/c1-8(2)14-7-13-10-5-4-9(12-3)6-11(10)14/h4-8,12H,1-3H3. The van der Waals surface area contributed by atoms with E-state index in [-0.39, 0.29) is 0 Å². The lowest BCUT2D eigenvalue weighted by molar-refractivity contribution is 0.617. The SMILES string of the molecule is CNc1ccc2ncn(C(C)C)c2c1. The van der Waals surface area contributed by atoms with Crippen LogP contribution in [0.5, 0.6) is 0 Å². The van der Waals surface area contributed by atoms with E-state index in [0.717, 1.165) is 11.2 Å². The molecule has 74 valence electrons. The van der Waals surface area contributed by atoms with Crippen LogP contribution >= 0.6 is 0 Å². The summed E-state index contributed by atoms with van der Waals surface area (Å²) in [5.74, 6) is 0. The van der Waals surface area contributed by atoms with Crippen LogP contribution in [0.1, 0.15) is 19.9 Å². The number of aromatic nitrogens is 2. The highest BCUT2D eigenvalue weighted by molar-refractivity contribution is 5.79. The summed E-state index contributed by atoms with van der Waals surface area (Å²) >= 11 is 0. The fourth-order valence-electron chi connectivity index (χ4n) is 1.59. The lowest BCUT2D eigenvalue weighted by Crippen LogP contribution is -1.98. The van der Waals surface area contributed by atoms with Crippen molar-refractivity contribution in [1.82, 2.24) is 9.55 Å². The maximum Gasteiger partial charge on any atom is 0.0960 e. The van der Waals surface area contributed by atoms with E-state index in [4.69, 9.17) is 0 Å². The number of hydrogen-bond donors (Lipinski definition) is 1. The lowest BCUT2D eigenvalue weighted by atomic mass is 10.2. The van der Waals surface area contributed by atoms with Crippen LogP contribution in [0.3, 0.4) is 0 Å². The maximum absolute atomic E-state index is 4.35. The van der Waals surface area contributed by atoms with E-state index in [2.05, 4.69) is 34.8 Å². The Kier molecular flexibility index (Phi) is 2.15. The van der Waals surface area contributed by atoms with Crippen molar-refractivity contribution in [2.24, 2.45) is 0 Å². The third-order valence-electron chi connectivity index (χ3n) is 2.42. The molecular weight excluding hydrogens is 174 g/mol. The van der Waals surface area contributed by atoms with Gasteiger partial charge in [-0.2, -0.15) is 0 Å². The summed E-state index contributed by atoms with van der Waals surface area (Å²) < 4.78 is 2.18. The Bertz CT molecular complexity index is 443. The van der Waals surface area contributed by atoms with E-state index in [1.54, 1.807) is 0 Å². The number of hydrogen-bond acceptors (Lipinski definition) is 2. The number of imidazole rings is 1. The monoisotopic (exact) mass is 189 g/mol. The first-order valence-corrected chi connectivity index (χ1v) is 4.86. The number of benzene rings is 1. The highest BCUT2D eigenvalue weighted by atomic mass is 15.1. The first kappa shape index (κ1) is 9.06. The molecule has 0 aliphatic carbocycles. The third kappa shape index (κ3) is 1.35. The average molecular weight is 189 g/mol. The van der Waals surface area contributed by atoms with Crippen molar-refractivity contribution in [1.29, 1.82) is 0 Å².